The third-order valence-corrected chi connectivity index (χ3v) is 6.06. The Morgan fingerprint density at radius 3 is 2.37 bits per heavy atom. The lowest BCUT2D eigenvalue weighted by Crippen LogP contribution is -2.49. The molecule has 2 heterocycles. The van der Waals surface area contributed by atoms with E-state index in [1.54, 1.807) is 14.2 Å². The highest BCUT2D eigenvalue weighted by Crippen LogP contribution is 2.33. The molecule has 0 aliphatic carbocycles. The number of hydrogen-bond donors (Lipinski definition) is 1. The molecule has 2 aliphatic rings. The fourth-order valence-electron chi connectivity index (χ4n) is 4.33. The van der Waals surface area contributed by atoms with E-state index in [1.165, 1.54) is 11.1 Å². The molecule has 0 radical (unpaired) electrons. The molecule has 0 amide bonds. The van der Waals surface area contributed by atoms with Gasteiger partial charge in [0.15, 0.2) is 17.5 Å². The first-order valence-electron chi connectivity index (χ1n) is 11.2. The molecule has 0 spiro atoms. The van der Waals surface area contributed by atoms with Gasteiger partial charge in [-0.05, 0) is 42.5 Å². The summed E-state index contributed by atoms with van der Waals surface area (Å²) in [5.74, 6) is 3.13. The van der Waals surface area contributed by atoms with E-state index < -0.39 is 0 Å². The van der Waals surface area contributed by atoms with Crippen molar-refractivity contribution in [1.82, 2.24) is 15.1 Å². The summed E-state index contributed by atoms with van der Waals surface area (Å²) in [6.07, 6.45) is 0.969. The lowest BCUT2D eigenvalue weighted by atomic mass is 9.99. The van der Waals surface area contributed by atoms with E-state index in [-0.39, 0.29) is 0 Å². The Morgan fingerprint density at radius 2 is 1.77 bits per heavy atom. The summed E-state index contributed by atoms with van der Waals surface area (Å²) in [5.41, 5.74) is 2.60. The molecule has 1 fully saturated rings. The SMILES string of the molecule is CCNC(=NCC(C(C)C)N1CCOCC1)N1CCc2cc(OC)c(OC)cc2C1. The third-order valence-electron chi connectivity index (χ3n) is 6.06. The second kappa shape index (κ2) is 10.9. The third kappa shape index (κ3) is 5.38. The van der Waals surface area contributed by atoms with Crippen molar-refractivity contribution in [3.63, 3.8) is 0 Å². The molecule has 1 saturated heterocycles. The second-order valence-electron chi connectivity index (χ2n) is 8.30. The van der Waals surface area contributed by atoms with Crippen molar-refractivity contribution in [3.05, 3.63) is 23.3 Å². The number of methoxy groups -OCH3 is 2. The smallest absolute Gasteiger partial charge is 0.194 e. The fraction of sp³-hybridized carbons (Fsp3) is 0.696. The van der Waals surface area contributed by atoms with E-state index >= 15 is 0 Å². The van der Waals surface area contributed by atoms with Gasteiger partial charge >= 0.3 is 0 Å². The van der Waals surface area contributed by atoms with Crippen LogP contribution in [-0.2, 0) is 17.7 Å². The zero-order valence-corrected chi connectivity index (χ0v) is 19.2. The minimum atomic E-state index is 0.434. The molecule has 7 nitrogen and oxygen atoms in total. The molecule has 1 unspecified atom stereocenters. The van der Waals surface area contributed by atoms with Gasteiger partial charge < -0.3 is 24.4 Å². The van der Waals surface area contributed by atoms with E-state index in [9.17, 15) is 0 Å². The van der Waals surface area contributed by atoms with Crippen LogP contribution in [0.2, 0.25) is 0 Å². The normalized spacial score (nSPS) is 18.9. The van der Waals surface area contributed by atoms with Crippen LogP contribution in [0.25, 0.3) is 0 Å². The summed E-state index contributed by atoms with van der Waals surface area (Å²) in [5, 5.41) is 3.51. The number of guanidine groups is 1. The number of morpholine rings is 1. The maximum atomic E-state index is 5.54. The zero-order chi connectivity index (χ0) is 21.5. The van der Waals surface area contributed by atoms with Crippen LogP contribution >= 0.6 is 0 Å². The summed E-state index contributed by atoms with van der Waals surface area (Å²) in [6.45, 7) is 13.8. The van der Waals surface area contributed by atoms with Gasteiger partial charge in [-0.1, -0.05) is 13.8 Å². The van der Waals surface area contributed by atoms with Crippen LogP contribution in [0.5, 0.6) is 11.5 Å². The van der Waals surface area contributed by atoms with Crippen LogP contribution in [0.1, 0.15) is 31.9 Å². The first-order chi connectivity index (χ1) is 14.6. The highest BCUT2D eigenvalue weighted by molar-refractivity contribution is 5.80. The topological polar surface area (TPSA) is 58.6 Å². The predicted octanol–water partition coefficient (Wildman–Crippen LogP) is 2.38. The Hall–Kier alpha value is -1.99. The van der Waals surface area contributed by atoms with Crippen LogP contribution in [-0.4, -0.2) is 82.0 Å². The van der Waals surface area contributed by atoms with Crippen LogP contribution in [0.4, 0.5) is 0 Å². The minimum absolute atomic E-state index is 0.434. The Bertz CT molecular complexity index is 717. The second-order valence-corrected chi connectivity index (χ2v) is 8.30. The van der Waals surface area contributed by atoms with Crippen molar-refractivity contribution in [2.24, 2.45) is 10.9 Å². The number of nitrogens with zero attached hydrogens (tertiary/aromatic N) is 3. The fourth-order valence-corrected chi connectivity index (χ4v) is 4.33. The Labute approximate surface area is 181 Å². The molecular weight excluding hydrogens is 380 g/mol. The summed E-state index contributed by atoms with van der Waals surface area (Å²) < 4.78 is 16.5. The van der Waals surface area contributed by atoms with Gasteiger partial charge in [0, 0.05) is 38.8 Å². The van der Waals surface area contributed by atoms with Gasteiger partial charge in [-0.3, -0.25) is 9.89 Å². The Kier molecular flexibility index (Phi) is 8.22. The van der Waals surface area contributed by atoms with Crippen molar-refractivity contribution in [2.75, 3.05) is 60.2 Å². The quantitative estimate of drug-likeness (QED) is 0.542. The van der Waals surface area contributed by atoms with Crippen molar-refractivity contribution >= 4 is 5.96 Å². The number of benzene rings is 1. The lowest BCUT2D eigenvalue weighted by Gasteiger charge is -2.37. The molecule has 1 atom stereocenters. The van der Waals surface area contributed by atoms with Crippen LogP contribution in [0.15, 0.2) is 17.1 Å². The first-order valence-corrected chi connectivity index (χ1v) is 11.2. The molecule has 0 bridgehead atoms. The Morgan fingerprint density at radius 1 is 1.10 bits per heavy atom. The number of hydrogen-bond acceptors (Lipinski definition) is 5. The van der Waals surface area contributed by atoms with Gasteiger partial charge in [0.05, 0.1) is 34.0 Å². The molecule has 0 saturated carbocycles. The molecule has 1 aromatic rings. The van der Waals surface area contributed by atoms with Crippen LogP contribution < -0.4 is 14.8 Å². The molecule has 2 aliphatic heterocycles. The number of fused-ring (bicyclic) bond motifs is 1. The van der Waals surface area contributed by atoms with E-state index in [2.05, 4.69) is 48.0 Å². The Balaban J connectivity index is 1.75. The molecule has 3 rings (SSSR count). The van der Waals surface area contributed by atoms with Crippen molar-refractivity contribution in [2.45, 2.75) is 39.8 Å². The van der Waals surface area contributed by atoms with Crippen LogP contribution in [0, 0.1) is 5.92 Å². The van der Waals surface area contributed by atoms with Gasteiger partial charge in [-0.25, -0.2) is 0 Å². The average Bonchev–Trinajstić information content (AvgIpc) is 2.77. The van der Waals surface area contributed by atoms with Gasteiger partial charge in [0.25, 0.3) is 0 Å². The molecular formula is C23H38N4O3. The molecule has 1 aromatic carbocycles. The number of nitrogens with one attached hydrogen (secondary N) is 1. The molecule has 0 aromatic heterocycles. The monoisotopic (exact) mass is 418 g/mol. The molecule has 30 heavy (non-hydrogen) atoms. The first kappa shape index (κ1) is 22.7. The molecule has 7 heteroatoms. The highest BCUT2D eigenvalue weighted by Gasteiger charge is 2.25. The zero-order valence-electron chi connectivity index (χ0n) is 19.2. The van der Waals surface area contributed by atoms with Crippen molar-refractivity contribution in [3.8, 4) is 11.5 Å². The standard InChI is InChI=1S/C23H38N4O3/c1-6-24-23(25-15-20(17(2)3)26-9-11-30-12-10-26)27-8-7-18-13-21(28-4)22(29-5)14-19(18)16-27/h13-14,17,20H,6-12,15-16H2,1-5H3,(H,24,25). The summed E-state index contributed by atoms with van der Waals surface area (Å²) >= 11 is 0. The number of aliphatic imine (C=N–C) groups is 1. The van der Waals surface area contributed by atoms with Gasteiger partial charge in [-0.2, -0.15) is 0 Å². The van der Waals surface area contributed by atoms with E-state index in [1.807, 2.05) is 0 Å². The van der Waals surface area contributed by atoms with Crippen LogP contribution in [0.3, 0.4) is 0 Å². The summed E-state index contributed by atoms with van der Waals surface area (Å²) in [7, 11) is 3.38. The predicted molar refractivity (Wildman–Crippen MR) is 121 cm³/mol. The van der Waals surface area contributed by atoms with E-state index in [4.69, 9.17) is 19.2 Å². The van der Waals surface area contributed by atoms with Crippen molar-refractivity contribution < 1.29 is 14.2 Å². The molecule has 1 N–H and O–H groups in total. The van der Waals surface area contributed by atoms with Gasteiger partial charge in [0.1, 0.15) is 0 Å². The lowest BCUT2D eigenvalue weighted by molar-refractivity contribution is 0.00862. The molecule has 168 valence electrons. The van der Waals surface area contributed by atoms with E-state index in [0.717, 1.165) is 76.4 Å². The van der Waals surface area contributed by atoms with E-state index in [0.29, 0.717) is 12.0 Å². The average molecular weight is 419 g/mol. The minimum Gasteiger partial charge on any atom is -0.493 e. The number of rotatable bonds is 7. The summed E-state index contributed by atoms with van der Waals surface area (Å²) in [4.78, 5) is 9.96. The van der Waals surface area contributed by atoms with Gasteiger partial charge in [0.2, 0.25) is 0 Å². The van der Waals surface area contributed by atoms with Gasteiger partial charge in [-0.15, -0.1) is 0 Å². The largest absolute Gasteiger partial charge is 0.493 e. The number of ether oxygens (including phenoxy) is 3. The summed E-state index contributed by atoms with van der Waals surface area (Å²) in [6, 6.07) is 4.65. The maximum absolute atomic E-state index is 5.54. The van der Waals surface area contributed by atoms with Crippen molar-refractivity contribution in [1.29, 1.82) is 0 Å². The maximum Gasteiger partial charge on any atom is 0.194 e. The highest BCUT2D eigenvalue weighted by atomic mass is 16.5.